The first-order chi connectivity index (χ1) is 11.9. The number of fused-ring (bicyclic) bond motifs is 1. The van der Waals surface area contributed by atoms with Crippen LogP contribution in [0.2, 0.25) is 0 Å². The normalized spacial score (nSPS) is 31.6. The van der Waals surface area contributed by atoms with Gasteiger partial charge in [0.05, 0.1) is 31.0 Å². The average Bonchev–Trinajstić information content (AvgIpc) is 3.24. The molecule has 4 atom stereocenters. The van der Waals surface area contributed by atoms with Crippen molar-refractivity contribution >= 4 is 11.9 Å². The second-order valence-electron chi connectivity index (χ2n) is 8.25. The number of hydrogen-bond donors (Lipinski definition) is 2. The molecule has 1 aromatic rings. The summed E-state index contributed by atoms with van der Waals surface area (Å²) in [4.78, 5) is 20.9. The fourth-order valence-corrected chi connectivity index (χ4v) is 3.40. The minimum absolute atomic E-state index is 0.0111. The van der Waals surface area contributed by atoms with Gasteiger partial charge in [0.15, 0.2) is 0 Å². The first-order valence-corrected chi connectivity index (χ1v) is 9.05. The molecule has 3 aliphatic rings. The van der Waals surface area contributed by atoms with Crippen LogP contribution in [0.3, 0.4) is 0 Å². The Hall–Kier alpha value is -1.73. The Morgan fingerprint density at radius 1 is 1.16 bits per heavy atom. The van der Waals surface area contributed by atoms with Crippen LogP contribution in [0, 0.1) is 5.92 Å². The Bertz CT molecular complexity index is 656. The Balaban J connectivity index is 1.39. The molecule has 1 aromatic heterocycles. The molecular formula is C18H26N4O3. The fraction of sp³-hybridized carbons (Fsp3) is 0.722. The summed E-state index contributed by atoms with van der Waals surface area (Å²) in [5.74, 6) is 0.925. The van der Waals surface area contributed by atoms with Crippen LogP contribution in [-0.2, 0) is 19.7 Å². The topological polar surface area (TPSA) is 85.4 Å². The number of hydrogen-bond acceptors (Lipinski definition) is 6. The van der Waals surface area contributed by atoms with Crippen LogP contribution in [0.5, 0.6) is 0 Å². The van der Waals surface area contributed by atoms with E-state index in [1.54, 1.807) is 6.20 Å². The van der Waals surface area contributed by atoms with Crippen molar-refractivity contribution in [3.8, 4) is 0 Å². The molecule has 2 aliphatic heterocycles. The van der Waals surface area contributed by atoms with Gasteiger partial charge in [-0.1, -0.05) is 20.8 Å². The van der Waals surface area contributed by atoms with E-state index in [4.69, 9.17) is 9.47 Å². The van der Waals surface area contributed by atoms with Crippen molar-refractivity contribution in [1.82, 2.24) is 15.3 Å². The highest BCUT2D eigenvalue weighted by Gasteiger charge is 2.49. The predicted molar refractivity (Wildman–Crippen MR) is 92.3 cm³/mol. The molecule has 1 amide bonds. The van der Waals surface area contributed by atoms with Crippen LogP contribution in [-0.4, -0.2) is 53.4 Å². The number of aromatic nitrogens is 2. The number of rotatable bonds is 4. The van der Waals surface area contributed by atoms with Gasteiger partial charge in [-0.2, -0.15) is 0 Å². The Morgan fingerprint density at radius 3 is 2.52 bits per heavy atom. The highest BCUT2D eigenvalue weighted by atomic mass is 16.6. The van der Waals surface area contributed by atoms with Gasteiger partial charge >= 0.3 is 0 Å². The summed E-state index contributed by atoms with van der Waals surface area (Å²) in [6, 6.07) is 1.86. The number of anilines is 1. The molecule has 0 spiro atoms. The van der Waals surface area contributed by atoms with E-state index in [2.05, 4.69) is 41.4 Å². The molecule has 1 aliphatic carbocycles. The van der Waals surface area contributed by atoms with E-state index in [0.29, 0.717) is 19.2 Å². The molecule has 2 N–H and O–H groups in total. The van der Waals surface area contributed by atoms with Crippen molar-refractivity contribution in [3.05, 3.63) is 18.0 Å². The number of nitrogens with one attached hydrogen (secondary N) is 2. The van der Waals surface area contributed by atoms with Crippen molar-refractivity contribution in [3.63, 3.8) is 0 Å². The van der Waals surface area contributed by atoms with Crippen LogP contribution in [0.25, 0.3) is 0 Å². The van der Waals surface area contributed by atoms with Crippen LogP contribution in [0.1, 0.15) is 39.3 Å². The Labute approximate surface area is 147 Å². The lowest BCUT2D eigenvalue weighted by molar-refractivity contribution is -0.123. The molecule has 3 fully saturated rings. The zero-order valence-corrected chi connectivity index (χ0v) is 15.0. The molecule has 136 valence electrons. The molecule has 4 rings (SSSR count). The van der Waals surface area contributed by atoms with Crippen molar-refractivity contribution in [2.75, 3.05) is 18.5 Å². The molecule has 7 nitrogen and oxygen atoms in total. The number of ether oxygens (including phenoxy) is 2. The van der Waals surface area contributed by atoms with E-state index in [1.807, 2.05) is 6.07 Å². The fourth-order valence-electron chi connectivity index (χ4n) is 3.40. The van der Waals surface area contributed by atoms with E-state index in [0.717, 1.165) is 18.5 Å². The van der Waals surface area contributed by atoms with Crippen LogP contribution in [0.4, 0.5) is 5.95 Å². The van der Waals surface area contributed by atoms with E-state index >= 15 is 0 Å². The molecule has 1 saturated carbocycles. The van der Waals surface area contributed by atoms with Gasteiger partial charge in [0.1, 0.15) is 12.2 Å². The van der Waals surface area contributed by atoms with E-state index in [9.17, 15) is 4.79 Å². The average molecular weight is 346 g/mol. The van der Waals surface area contributed by atoms with Gasteiger partial charge in [0.25, 0.3) is 0 Å². The Morgan fingerprint density at radius 2 is 1.84 bits per heavy atom. The monoisotopic (exact) mass is 346 g/mol. The molecule has 7 heteroatoms. The summed E-state index contributed by atoms with van der Waals surface area (Å²) in [5.41, 5.74) is 0.957. The molecule has 0 aromatic carbocycles. The van der Waals surface area contributed by atoms with Crippen LogP contribution >= 0.6 is 0 Å². The van der Waals surface area contributed by atoms with E-state index in [1.165, 1.54) is 0 Å². The number of amides is 1. The SMILES string of the molecule is CC(C)(C)c1ccnc(NC2COC3C(NC(=O)C4CC4)COC23)n1. The smallest absolute Gasteiger partial charge is 0.223 e. The van der Waals surface area contributed by atoms with Gasteiger partial charge in [0, 0.05) is 17.5 Å². The maximum Gasteiger partial charge on any atom is 0.223 e. The third-order valence-electron chi connectivity index (χ3n) is 5.07. The highest BCUT2D eigenvalue weighted by molar-refractivity contribution is 5.81. The van der Waals surface area contributed by atoms with Crippen molar-refractivity contribution in [1.29, 1.82) is 0 Å². The second-order valence-corrected chi connectivity index (χ2v) is 8.25. The lowest BCUT2D eigenvalue weighted by Crippen LogP contribution is -2.45. The maximum absolute atomic E-state index is 12.0. The Kier molecular flexibility index (Phi) is 4.16. The van der Waals surface area contributed by atoms with Gasteiger partial charge < -0.3 is 20.1 Å². The summed E-state index contributed by atoms with van der Waals surface area (Å²) in [6.07, 6.45) is 3.58. The summed E-state index contributed by atoms with van der Waals surface area (Å²) in [7, 11) is 0. The summed E-state index contributed by atoms with van der Waals surface area (Å²) >= 11 is 0. The molecular weight excluding hydrogens is 320 g/mol. The van der Waals surface area contributed by atoms with Crippen LogP contribution in [0.15, 0.2) is 12.3 Å². The van der Waals surface area contributed by atoms with E-state index in [-0.39, 0.29) is 41.5 Å². The standard InChI is InChI=1S/C18H26N4O3/c1-18(2,3)13-6-7-19-17(22-13)21-12-9-25-14-11(8-24-15(12)14)20-16(23)10-4-5-10/h6-7,10-12,14-15H,4-5,8-9H2,1-3H3,(H,20,23)(H,19,21,22). The molecule has 0 radical (unpaired) electrons. The highest BCUT2D eigenvalue weighted by Crippen LogP contribution is 2.32. The van der Waals surface area contributed by atoms with Crippen molar-refractivity contribution < 1.29 is 14.3 Å². The van der Waals surface area contributed by atoms with E-state index < -0.39 is 0 Å². The molecule has 4 unspecified atom stereocenters. The third-order valence-corrected chi connectivity index (χ3v) is 5.07. The summed E-state index contributed by atoms with van der Waals surface area (Å²) < 4.78 is 11.8. The first kappa shape index (κ1) is 16.7. The summed E-state index contributed by atoms with van der Waals surface area (Å²) in [5, 5.41) is 6.43. The largest absolute Gasteiger partial charge is 0.371 e. The lowest BCUT2D eigenvalue weighted by Gasteiger charge is -2.21. The zero-order chi connectivity index (χ0) is 17.6. The van der Waals surface area contributed by atoms with Gasteiger partial charge in [-0.25, -0.2) is 9.97 Å². The van der Waals surface area contributed by atoms with Gasteiger partial charge in [-0.05, 0) is 18.9 Å². The molecule has 3 heterocycles. The van der Waals surface area contributed by atoms with Gasteiger partial charge in [-0.15, -0.1) is 0 Å². The second kappa shape index (κ2) is 6.21. The number of carbonyl (C=O) groups excluding carboxylic acids is 1. The van der Waals surface area contributed by atoms with Crippen molar-refractivity contribution in [2.24, 2.45) is 5.92 Å². The molecule has 2 saturated heterocycles. The number of nitrogens with zero attached hydrogens (tertiary/aromatic N) is 2. The van der Waals surface area contributed by atoms with Crippen LogP contribution < -0.4 is 10.6 Å². The lowest BCUT2D eigenvalue weighted by atomic mass is 9.92. The minimum Gasteiger partial charge on any atom is -0.371 e. The minimum atomic E-state index is -0.106. The number of carbonyl (C=O) groups is 1. The molecule has 25 heavy (non-hydrogen) atoms. The summed E-state index contributed by atoms with van der Waals surface area (Å²) in [6.45, 7) is 7.40. The first-order valence-electron chi connectivity index (χ1n) is 9.05. The predicted octanol–water partition coefficient (Wildman–Crippen LogP) is 1.25. The van der Waals surface area contributed by atoms with Gasteiger partial charge in [0.2, 0.25) is 11.9 Å². The van der Waals surface area contributed by atoms with Gasteiger partial charge in [-0.3, -0.25) is 4.79 Å². The molecule has 0 bridgehead atoms. The van der Waals surface area contributed by atoms with Crippen molar-refractivity contribution in [2.45, 2.75) is 63.3 Å². The maximum atomic E-state index is 12.0. The zero-order valence-electron chi connectivity index (χ0n) is 15.0. The quantitative estimate of drug-likeness (QED) is 0.853. The third kappa shape index (κ3) is 3.48.